The lowest BCUT2D eigenvalue weighted by atomic mass is 9.81. The maximum absolute atomic E-state index is 13.8. The van der Waals surface area contributed by atoms with Gasteiger partial charge in [0.15, 0.2) is 16.7 Å². The average molecular weight is 558 g/mol. The molecule has 1 aromatic heterocycles. The molecule has 2 aromatic carbocycles. The third kappa shape index (κ3) is 7.11. The number of methoxy groups -OCH3 is 3. The number of amides is 1. The normalized spacial score (nSPS) is 12.2. The molecule has 1 atom stereocenters. The Balaban J connectivity index is 1.96. The summed E-state index contributed by atoms with van der Waals surface area (Å²) in [5.74, 6) is 0.296. The second kappa shape index (κ2) is 13.0. The van der Waals surface area contributed by atoms with Crippen molar-refractivity contribution in [2.75, 3.05) is 27.1 Å². The number of esters is 1. The van der Waals surface area contributed by atoms with Gasteiger partial charge in [-0.3, -0.25) is 9.36 Å². The van der Waals surface area contributed by atoms with Crippen LogP contribution in [0.15, 0.2) is 53.8 Å². The van der Waals surface area contributed by atoms with Gasteiger partial charge in [-0.1, -0.05) is 45.5 Å². The lowest BCUT2D eigenvalue weighted by Gasteiger charge is -2.28. The molecule has 0 aliphatic heterocycles. The van der Waals surface area contributed by atoms with E-state index in [0.29, 0.717) is 28.8 Å². The number of imidazole rings is 1. The van der Waals surface area contributed by atoms with Gasteiger partial charge < -0.3 is 19.5 Å². The summed E-state index contributed by atoms with van der Waals surface area (Å²) in [6, 6.07) is 11.1. The number of aromatic nitrogens is 2. The van der Waals surface area contributed by atoms with Gasteiger partial charge in [0.1, 0.15) is 11.9 Å². The number of halogens is 1. The summed E-state index contributed by atoms with van der Waals surface area (Å²) in [4.78, 5) is 29.6. The minimum absolute atomic E-state index is 0.0278. The predicted molar refractivity (Wildman–Crippen MR) is 149 cm³/mol. The van der Waals surface area contributed by atoms with E-state index < -0.39 is 17.4 Å². The molecular formula is C29H36FN3O5S. The Bertz CT molecular complexity index is 1290. The Kier molecular flexibility index (Phi) is 10.0. The fraction of sp³-hybridized carbons (Fsp3) is 0.414. The van der Waals surface area contributed by atoms with E-state index in [4.69, 9.17) is 14.2 Å². The van der Waals surface area contributed by atoms with Gasteiger partial charge in [0.2, 0.25) is 5.91 Å². The second-order valence-electron chi connectivity index (χ2n) is 9.99. The van der Waals surface area contributed by atoms with Crippen LogP contribution in [0, 0.1) is 11.7 Å². The van der Waals surface area contributed by atoms with E-state index in [2.05, 4.69) is 24.1 Å². The zero-order valence-electron chi connectivity index (χ0n) is 23.4. The molecule has 0 bridgehead atoms. The van der Waals surface area contributed by atoms with Gasteiger partial charge in [-0.15, -0.1) is 0 Å². The van der Waals surface area contributed by atoms with Crippen molar-refractivity contribution < 1.29 is 28.2 Å². The smallest absolute Gasteiger partial charge is 0.328 e. The van der Waals surface area contributed by atoms with Gasteiger partial charge in [-0.25, -0.2) is 14.2 Å². The highest BCUT2D eigenvalue weighted by Gasteiger charge is 2.31. The van der Waals surface area contributed by atoms with Crippen LogP contribution in [0.2, 0.25) is 0 Å². The number of nitrogens with zero attached hydrogens (tertiary/aromatic N) is 2. The third-order valence-electron chi connectivity index (χ3n) is 6.42. The Labute approximate surface area is 233 Å². The maximum atomic E-state index is 13.8. The Morgan fingerprint density at radius 3 is 2.31 bits per heavy atom. The molecule has 1 amide bonds. The van der Waals surface area contributed by atoms with E-state index in [9.17, 15) is 14.0 Å². The number of nitrogens with one attached hydrogen (secondary N) is 1. The number of thioether (sulfide) groups is 1. The fourth-order valence-corrected chi connectivity index (χ4v) is 5.09. The number of benzene rings is 2. The first-order valence-electron chi connectivity index (χ1n) is 12.6. The summed E-state index contributed by atoms with van der Waals surface area (Å²) in [6.07, 6.45) is 2.23. The van der Waals surface area contributed by atoms with Crippen LogP contribution in [0.4, 0.5) is 4.39 Å². The number of hydrogen-bond donors (Lipinski definition) is 1. The van der Waals surface area contributed by atoms with Crippen molar-refractivity contribution >= 4 is 23.6 Å². The Morgan fingerprint density at radius 2 is 1.72 bits per heavy atom. The molecule has 8 nitrogen and oxygen atoms in total. The monoisotopic (exact) mass is 557 g/mol. The molecule has 1 heterocycles. The van der Waals surface area contributed by atoms with Gasteiger partial charge in [-0.05, 0) is 54.3 Å². The molecule has 0 spiro atoms. The highest BCUT2D eigenvalue weighted by atomic mass is 32.2. The van der Waals surface area contributed by atoms with Crippen LogP contribution in [-0.2, 0) is 19.7 Å². The van der Waals surface area contributed by atoms with E-state index in [-0.39, 0.29) is 23.4 Å². The Morgan fingerprint density at radius 1 is 1.05 bits per heavy atom. The maximum Gasteiger partial charge on any atom is 0.328 e. The van der Waals surface area contributed by atoms with E-state index in [1.54, 1.807) is 32.5 Å². The number of rotatable bonds is 12. The van der Waals surface area contributed by atoms with Crippen molar-refractivity contribution in [2.45, 2.75) is 50.7 Å². The molecule has 0 saturated carbocycles. The summed E-state index contributed by atoms with van der Waals surface area (Å²) in [7, 11) is 4.48. The fourth-order valence-electron chi connectivity index (χ4n) is 4.28. The van der Waals surface area contributed by atoms with Crippen molar-refractivity contribution in [3.63, 3.8) is 0 Å². The molecule has 10 heteroatoms. The topological polar surface area (TPSA) is 91.7 Å². The molecule has 39 heavy (non-hydrogen) atoms. The molecule has 1 N–H and O–H groups in total. The molecule has 3 rings (SSSR count). The minimum Gasteiger partial charge on any atom is -0.493 e. The predicted octanol–water partition coefficient (Wildman–Crippen LogP) is 5.15. The first kappa shape index (κ1) is 30.0. The number of carbonyl (C=O) groups is 2. The summed E-state index contributed by atoms with van der Waals surface area (Å²) in [5.41, 5.74) is 1.92. The van der Waals surface area contributed by atoms with E-state index in [1.807, 2.05) is 36.6 Å². The molecule has 3 aromatic rings. The van der Waals surface area contributed by atoms with Crippen LogP contribution in [0.5, 0.6) is 11.5 Å². The molecule has 0 saturated heterocycles. The van der Waals surface area contributed by atoms with Crippen molar-refractivity contribution in [1.29, 1.82) is 0 Å². The van der Waals surface area contributed by atoms with Crippen molar-refractivity contribution in [3.05, 3.63) is 65.7 Å². The molecule has 210 valence electrons. The zero-order chi connectivity index (χ0) is 28.7. The van der Waals surface area contributed by atoms with Gasteiger partial charge in [-0.2, -0.15) is 0 Å². The van der Waals surface area contributed by atoms with E-state index in [0.717, 1.165) is 11.3 Å². The van der Waals surface area contributed by atoms with Crippen LogP contribution in [0.1, 0.15) is 45.4 Å². The highest BCUT2D eigenvalue weighted by molar-refractivity contribution is 7.99. The third-order valence-corrected chi connectivity index (χ3v) is 7.37. The highest BCUT2D eigenvalue weighted by Crippen LogP contribution is 2.39. The van der Waals surface area contributed by atoms with Crippen LogP contribution in [0.25, 0.3) is 5.69 Å². The van der Waals surface area contributed by atoms with Gasteiger partial charge >= 0.3 is 5.97 Å². The second-order valence-corrected chi connectivity index (χ2v) is 10.9. The quantitative estimate of drug-likeness (QED) is 0.243. The van der Waals surface area contributed by atoms with Crippen LogP contribution < -0.4 is 14.8 Å². The molecule has 0 radical (unpaired) electrons. The van der Waals surface area contributed by atoms with E-state index in [1.165, 1.54) is 31.0 Å². The lowest BCUT2D eigenvalue weighted by Crippen LogP contribution is -2.43. The lowest BCUT2D eigenvalue weighted by molar-refractivity contribution is -0.145. The largest absolute Gasteiger partial charge is 0.493 e. The van der Waals surface area contributed by atoms with Crippen LogP contribution >= 0.6 is 11.8 Å². The van der Waals surface area contributed by atoms with Gasteiger partial charge in [0.25, 0.3) is 0 Å². The molecule has 0 fully saturated rings. The summed E-state index contributed by atoms with van der Waals surface area (Å²) < 4.78 is 31.5. The summed E-state index contributed by atoms with van der Waals surface area (Å²) in [6.45, 7) is 8.05. The molecule has 0 aliphatic carbocycles. The molecule has 0 aliphatic rings. The van der Waals surface area contributed by atoms with Gasteiger partial charge in [0.05, 0.1) is 39.0 Å². The summed E-state index contributed by atoms with van der Waals surface area (Å²) >= 11 is 1.23. The number of carbonyl (C=O) groups excluding carboxylic acids is 2. The number of hydrogen-bond acceptors (Lipinski definition) is 7. The van der Waals surface area contributed by atoms with Crippen molar-refractivity contribution in [1.82, 2.24) is 14.9 Å². The molecule has 0 unspecified atom stereocenters. The SMILES string of the molecule is COC(=O)[C@H](CC(C)C)NC(=O)CSc1ncc(C(C)(C)c2ccc(OC)c(OC)c2)n1-c1ccc(F)cc1. The average Bonchev–Trinajstić information content (AvgIpc) is 3.35. The molecular weight excluding hydrogens is 521 g/mol. The minimum atomic E-state index is -0.723. The van der Waals surface area contributed by atoms with Crippen molar-refractivity contribution in [2.24, 2.45) is 5.92 Å². The number of ether oxygens (including phenoxy) is 3. The first-order chi connectivity index (χ1) is 18.5. The van der Waals surface area contributed by atoms with Crippen LogP contribution in [0.3, 0.4) is 0 Å². The van der Waals surface area contributed by atoms with Gasteiger partial charge in [0, 0.05) is 11.1 Å². The first-order valence-corrected chi connectivity index (χ1v) is 13.6. The van der Waals surface area contributed by atoms with Crippen LogP contribution in [-0.4, -0.2) is 54.6 Å². The van der Waals surface area contributed by atoms with Crippen molar-refractivity contribution in [3.8, 4) is 17.2 Å². The van der Waals surface area contributed by atoms with E-state index >= 15 is 0 Å². The summed E-state index contributed by atoms with van der Waals surface area (Å²) in [5, 5.41) is 3.33. The zero-order valence-corrected chi connectivity index (χ0v) is 24.2. The Hall–Kier alpha value is -3.53. The standard InChI is InChI=1S/C29H36FN3O5S/c1-18(2)14-22(27(35)38-7)32-26(34)17-39-28-31-16-25(33(28)21-11-9-20(30)10-12-21)29(3,4)19-8-13-23(36-5)24(15-19)37-6/h8-13,15-16,18,22H,14,17H2,1-7H3,(H,32,34)/t22-/m0/s1.